The fourth-order valence-corrected chi connectivity index (χ4v) is 4.96. The molecule has 0 unspecified atom stereocenters. The second kappa shape index (κ2) is 10.3. The molecule has 0 saturated heterocycles. The van der Waals surface area contributed by atoms with E-state index in [1.165, 1.54) is 11.3 Å². The average Bonchev–Trinajstić information content (AvgIpc) is 3.28. The van der Waals surface area contributed by atoms with E-state index < -0.39 is 0 Å². The summed E-state index contributed by atoms with van der Waals surface area (Å²) in [6.45, 7) is 3.51. The summed E-state index contributed by atoms with van der Waals surface area (Å²) in [5.41, 5.74) is 1.21. The number of thiazole rings is 1. The minimum Gasteiger partial charge on any atom is -0.495 e. The molecule has 0 aliphatic rings. The number of fused-ring (bicyclic) bond motifs is 2. The Morgan fingerprint density at radius 3 is 2.35 bits per heavy atom. The van der Waals surface area contributed by atoms with Crippen LogP contribution in [0, 0.1) is 0 Å². The summed E-state index contributed by atoms with van der Waals surface area (Å²) in [5, 5.41) is 2.42. The molecule has 4 rings (SSSR count). The summed E-state index contributed by atoms with van der Waals surface area (Å²) in [6.07, 6.45) is 0. The number of methoxy groups -OCH3 is 2. The molecule has 1 heterocycles. The zero-order valence-electron chi connectivity index (χ0n) is 20.1. The number of carbonyl (C=O) groups excluding carboxylic acids is 1. The first-order valence-electron chi connectivity index (χ1n) is 11.1. The molecule has 34 heavy (non-hydrogen) atoms. The molecular weight excluding hydrogens is 450 g/mol. The summed E-state index contributed by atoms with van der Waals surface area (Å²) >= 11 is 1.42. The fraction of sp³-hybridized carbons (Fsp3) is 0.308. The molecule has 4 aromatic rings. The number of carbonyl (C=O) groups is 1. The van der Waals surface area contributed by atoms with Gasteiger partial charge in [0, 0.05) is 13.1 Å². The smallest absolute Gasteiger partial charge is 0.264 e. The fourth-order valence-electron chi connectivity index (χ4n) is 3.86. The van der Waals surface area contributed by atoms with Crippen LogP contribution in [0.5, 0.6) is 17.2 Å². The average molecular weight is 480 g/mol. The largest absolute Gasteiger partial charge is 0.495 e. The van der Waals surface area contributed by atoms with E-state index in [1.807, 2.05) is 74.4 Å². The van der Waals surface area contributed by atoms with E-state index in [9.17, 15) is 4.79 Å². The van der Waals surface area contributed by atoms with Crippen LogP contribution >= 0.6 is 11.3 Å². The number of rotatable bonds is 9. The number of amides is 1. The van der Waals surface area contributed by atoms with Crippen molar-refractivity contribution in [2.75, 3.05) is 52.9 Å². The molecule has 1 amide bonds. The predicted octanol–water partition coefficient (Wildman–Crippen LogP) is 5.07. The van der Waals surface area contributed by atoms with E-state index in [1.54, 1.807) is 19.1 Å². The van der Waals surface area contributed by atoms with Crippen LogP contribution in [0.15, 0.2) is 48.5 Å². The summed E-state index contributed by atoms with van der Waals surface area (Å²) in [5.74, 6) is 1.75. The van der Waals surface area contributed by atoms with Crippen molar-refractivity contribution in [2.45, 2.75) is 6.92 Å². The lowest BCUT2D eigenvalue weighted by Gasteiger charge is -2.24. The molecular formula is C26H29N3O4S. The number of likely N-dealkylation sites (N-methyl/N-ethyl adjacent to an activating group) is 1. The van der Waals surface area contributed by atoms with Crippen LogP contribution in [0.1, 0.15) is 17.3 Å². The molecule has 0 radical (unpaired) electrons. The number of nitrogens with zero attached hydrogens (tertiary/aromatic N) is 3. The van der Waals surface area contributed by atoms with E-state index in [2.05, 4.69) is 0 Å². The van der Waals surface area contributed by atoms with Crippen molar-refractivity contribution in [3.8, 4) is 17.2 Å². The van der Waals surface area contributed by atoms with E-state index in [-0.39, 0.29) is 5.91 Å². The molecule has 0 spiro atoms. The minimum atomic E-state index is -0.154. The quantitative estimate of drug-likeness (QED) is 0.334. The minimum absolute atomic E-state index is 0.154. The third-order valence-corrected chi connectivity index (χ3v) is 6.64. The van der Waals surface area contributed by atoms with Gasteiger partial charge in [-0.05, 0) is 50.0 Å². The molecule has 0 bridgehead atoms. The maximum Gasteiger partial charge on any atom is 0.264 e. The van der Waals surface area contributed by atoms with Crippen molar-refractivity contribution in [3.05, 3.63) is 54.1 Å². The summed E-state index contributed by atoms with van der Waals surface area (Å²) < 4.78 is 17.8. The van der Waals surface area contributed by atoms with Gasteiger partial charge in [-0.15, -0.1) is 0 Å². The second-order valence-corrected chi connectivity index (χ2v) is 8.97. The van der Waals surface area contributed by atoms with Gasteiger partial charge in [0.25, 0.3) is 5.91 Å². The van der Waals surface area contributed by atoms with Crippen molar-refractivity contribution in [1.29, 1.82) is 0 Å². The number of benzene rings is 3. The van der Waals surface area contributed by atoms with Gasteiger partial charge in [0.1, 0.15) is 27.5 Å². The standard InChI is InChI=1S/C26H29N3O4S/c1-6-33-19-12-11-17-9-7-8-10-18(17)22(19)25(30)29(16-15-28(2)3)26-27-23-20(31-4)13-14-21(32-5)24(23)34-26/h7-14H,6,15-16H2,1-5H3. The lowest BCUT2D eigenvalue weighted by atomic mass is 10.0. The van der Waals surface area contributed by atoms with Crippen molar-refractivity contribution in [2.24, 2.45) is 0 Å². The first-order chi connectivity index (χ1) is 16.5. The topological polar surface area (TPSA) is 64.1 Å². The van der Waals surface area contributed by atoms with Gasteiger partial charge in [0.05, 0.1) is 26.4 Å². The molecule has 1 aromatic heterocycles. The molecule has 0 aliphatic carbocycles. The van der Waals surface area contributed by atoms with Crippen LogP contribution < -0.4 is 19.1 Å². The van der Waals surface area contributed by atoms with Crippen LogP contribution in [0.3, 0.4) is 0 Å². The van der Waals surface area contributed by atoms with E-state index >= 15 is 0 Å². The molecule has 0 fully saturated rings. The van der Waals surface area contributed by atoms with Crippen LogP contribution in [-0.2, 0) is 0 Å². The van der Waals surface area contributed by atoms with Crippen molar-refractivity contribution in [1.82, 2.24) is 9.88 Å². The Morgan fingerprint density at radius 1 is 0.941 bits per heavy atom. The Hall–Kier alpha value is -3.36. The van der Waals surface area contributed by atoms with Gasteiger partial charge in [-0.3, -0.25) is 9.69 Å². The zero-order chi connectivity index (χ0) is 24.2. The van der Waals surface area contributed by atoms with E-state index in [4.69, 9.17) is 19.2 Å². The Morgan fingerprint density at radius 2 is 1.65 bits per heavy atom. The Bertz CT molecular complexity index is 1280. The third-order valence-electron chi connectivity index (χ3n) is 5.55. The van der Waals surface area contributed by atoms with Gasteiger partial charge >= 0.3 is 0 Å². The predicted molar refractivity (Wildman–Crippen MR) is 138 cm³/mol. The monoisotopic (exact) mass is 479 g/mol. The van der Waals surface area contributed by atoms with Crippen molar-refractivity contribution >= 4 is 43.4 Å². The first-order valence-corrected chi connectivity index (χ1v) is 11.9. The lowest BCUT2D eigenvalue weighted by Crippen LogP contribution is -2.37. The molecule has 3 aromatic carbocycles. The maximum atomic E-state index is 14.2. The molecule has 0 N–H and O–H groups in total. The maximum absolute atomic E-state index is 14.2. The lowest BCUT2D eigenvalue weighted by molar-refractivity contribution is 0.0983. The Kier molecular flexibility index (Phi) is 7.19. The number of hydrogen-bond donors (Lipinski definition) is 0. The number of anilines is 1. The molecule has 7 nitrogen and oxygen atoms in total. The van der Waals surface area contributed by atoms with Crippen LogP contribution in [-0.4, -0.2) is 63.8 Å². The zero-order valence-corrected chi connectivity index (χ0v) is 20.9. The molecule has 0 aliphatic heterocycles. The van der Waals surface area contributed by atoms with Crippen LogP contribution in [0.2, 0.25) is 0 Å². The molecule has 0 atom stereocenters. The van der Waals surface area contributed by atoms with E-state index in [0.717, 1.165) is 15.5 Å². The summed E-state index contributed by atoms with van der Waals surface area (Å²) in [6, 6.07) is 15.4. The van der Waals surface area contributed by atoms with Crippen molar-refractivity contribution < 1.29 is 19.0 Å². The number of hydrogen-bond acceptors (Lipinski definition) is 7. The third kappa shape index (κ3) is 4.51. The summed E-state index contributed by atoms with van der Waals surface area (Å²) in [4.78, 5) is 22.8. The normalized spacial score (nSPS) is 11.2. The highest BCUT2D eigenvalue weighted by atomic mass is 32.1. The van der Waals surface area contributed by atoms with Gasteiger partial charge in [-0.25, -0.2) is 4.98 Å². The molecule has 8 heteroatoms. The van der Waals surface area contributed by atoms with Gasteiger partial charge in [-0.1, -0.05) is 41.7 Å². The Labute approximate surface area is 203 Å². The molecule has 178 valence electrons. The van der Waals surface area contributed by atoms with Gasteiger partial charge in [0.15, 0.2) is 5.13 Å². The van der Waals surface area contributed by atoms with Crippen LogP contribution in [0.25, 0.3) is 21.0 Å². The highest BCUT2D eigenvalue weighted by molar-refractivity contribution is 7.22. The SMILES string of the molecule is CCOc1ccc2ccccc2c1C(=O)N(CCN(C)C)c1nc2c(OC)ccc(OC)c2s1. The molecule has 0 saturated carbocycles. The van der Waals surface area contributed by atoms with Gasteiger partial charge in [0.2, 0.25) is 0 Å². The first kappa shape index (κ1) is 23.8. The van der Waals surface area contributed by atoms with E-state index in [0.29, 0.717) is 53.2 Å². The van der Waals surface area contributed by atoms with Gasteiger partial charge in [-0.2, -0.15) is 0 Å². The highest BCUT2D eigenvalue weighted by Crippen LogP contribution is 2.41. The Balaban J connectivity index is 1.89. The highest BCUT2D eigenvalue weighted by Gasteiger charge is 2.27. The number of aromatic nitrogens is 1. The summed E-state index contributed by atoms with van der Waals surface area (Å²) in [7, 11) is 7.20. The second-order valence-electron chi connectivity index (χ2n) is 8.00. The number of ether oxygens (including phenoxy) is 3. The van der Waals surface area contributed by atoms with Gasteiger partial charge < -0.3 is 19.1 Å². The van der Waals surface area contributed by atoms with Crippen molar-refractivity contribution in [3.63, 3.8) is 0 Å². The van der Waals surface area contributed by atoms with Crippen LogP contribution in [0.4, 0.5) is 5.13 Å².